The van der Waals surface area contributed by atoms with Crippen molar-refractivity contribution < 1.29 is 0 Å². The third-order valence-corrected chi connectivity index (χ3v) is 2.96. The lowest BCUT2D eigenvalue weighted by Crippen LogP contribution is -2.09. The number of rotatable bonds is 11. The van der Waals surface area contributed by atoms with Crippen molar-refractivity contribution in [1.82, 2.24) is 10.6 Å². The highest BCUT2D eigenvalue weighted by molar-refractivity contribution is 4.43. The molecule has 0 saturated carbocycles. The quantitative estimate of drug-likeness (QED) is 0.499. The first-order valence-electron chi connectivity index (χ1n) is 9.16. The molecule has 0 aliphatic heterocycles. The van der Waals surface area contributed by atoms with Crippen LogP contribution in [0.2, 0.25) is 0 Å². The predicted octanol–water partition coefficient (Wildman–Crippen LogP) is 5.38. The first kappa shape index (κ1) is 24.9. The Morgan fingerprint density at radius 1 is 0.400 bits per heavy atom. The van der Waals surface area contributed by atoms with Gasteiger partial charge in [-0.15, -0.1) is 0 Å². The van der Waals surface area contributed by atoms with Crippen LogP contribution in [0.1, 0.15) is 92.9 Å². The van der Waals surface area contributed by atoms with Gasteiger partial charge in [-0.1, -0.05) is 92.9 Å². The molecule has 0 heterocycles. The van der Waals surface area contributed by atoms with Crippen molar-refractivity contribution in [2.24, 2.45) is 0 Å². The molecule has 20 heavy (non-hydrogen) atoms. The van der Waals surface area contributed by atoms with Gasteiger partial charge in [0.1, 0.15) is 0 Å². The van der Waals surface area contributed by atoms with Crippen molar-refractivity contribution >= 4 is 0 Å². The fourth-order valence-electron chi connectivity index (χ4n) is 1.71. The molecule has 0 saturated heterocycles. The van der Waals surface area contributed by atoms with E-state index >= 15 is 0 Å². The molecule has 0 aliphatic rings. The Labute approximate surface area is 130 Å². The molecule has 126 valence electrons. The Morgan fingerprint density at radius 2 is 0.650 bits per heavy atom. The number of hydrogen-bond donors (Lipinski definition) is 2. The molecule has 0 aromatic rings. The molecule has 0 spiro atoms. The van der Waals surface area contributed by atoms with Crippen LogP contribution in [0.5, 0.6) is 0 Å². The average Bonchev–Trinajstić information content (AvgIpc) is 2.46. The van der Waals surface area contributed by atoms with Gasteiger partial charge in [0, 0.05) is 0 Å². The summed E-state index contributed by atoms with van der Waals surface area (Å²) in [5.74, 6) is 0. The molecule has 0 aromatic heterocycles. The van der Waals surface area contributed by atoms with Crippen LogP contribution in [-0.4, -0.2) is 26.2 Å². The van der Waals surface area contributed by atoms with Crippen LogP contribution in [0.4, 0.5) is 0 Å². The van der Waals surface area contributed by atoms with E-state index in [-0.39, 0.29) is 0 Å². The maximum absolute atomic E-state index is 3.11. The Kier molecular flexibility index (Phi) is 39.0. The lowest BCUT2D eigenvalue weighted by Gasteiger charge is -1.97. The van der Waals surface area contributed by atoms with E-state index in [1.54, 1.807) is 0 Å². The lowest BCUT2D eigenvalue weighted by molar-refractivity contribution is 0.585. The van der Waals surface area contributed by atoms with Crippen LogP contribution < -0.4 is 10.6 Å². The minimum Gasteiger partial charge on any atom is -0.317 e. The standard InChI is InChI=1S/C10H22.2C4H11N/c1-3-5-7-9-10-8-6-4-2;2*1-3-5-4-2/h3-10H2,1-2H3;2*5H,3-4H2,1-2H3. The highest BCUT2D eigenvalue weighted by Crippen LogP contribution is 2.07. The molecule has 0 atom stereocenters. The summed E-state index contributed by atoms with van der Waals surface area (Å²) in [6, 6.07) is 0. The molecule has 0 fully saturated rings. The molecule has 0 unspecified atom stereocenters. The molecule has 0 rings (SSSR count). The minimum absolute atomic E-state index is 1.09. The smallest absolute Gasteiger partial charge is 0.00775 e. The third-order valence-electron chi connectivity index (χ3n) is 2.96. The van der Waals surface area contributed by atoms with Crippen molar-refractivity contribution in [1.29, 1.82) is 0 Å². The maximum Gasteiger partial charge on any atom is -0.00775 e. The van der Waals surface area contributed by atoms with Gasteiger partial charge in [0.2, 0.25) is 0 Å². The monoisotopic (exact) mass is 288 g/mol. The van der Waals surface area contributed by atoms with Crippen LogP contribution in [0.25, 0.3) is 0 Å². The molecular weight excluding hydrogens is 244 g/mol. The SMILES string of the molecule is CCCCCCCCCC.CCNCC.CCNCC. The maximum atomic E-state index is 3.11. The molecule has 0 aliphatic carbocycles. The van der Waals surface area contributed by atoms with Gasteiger partial charge >= 0.3 is 0 Å². The molecule has 2 heteroatoms. The van der Waals surface area contributed by atoms with Crippen molar-refractivity contribution in [3.63, 3.8) is 0 Å². The third kappa shape index (κ3) is 43.0. The van der Waals surface area contributed by atoms with Gasteiger partial charge in [0.25, 0.3) is 0 Å². The second-order valence-corrected chi connectivity index (χ2v) is 5.04. The van der Waals surface area contributed by atoms with Crippen LogP contribution in [0.3, 0.4) is 0 Å². The second kappa shape index (κ2) is 31.4. The van der Waals surface area contributed by atoms with E-state index in [0.717, 1.165) is 26.2 Å². The molecule has 2 N–H and O–H groups in total. The lowest BCUT2D eigenvalue weighted by atomic mass is 10.1. The van der Waals surface area contributed by atoms with Crippen molar-refractivity contribution in [2.75, 3.05) is 26.2 Å². The van der Waals surface area contributed by atoms with E-state index in [1.165, 1.54) is 51.4 Å². The van der Waals surface area contributed by atoms with Gasteiger partial charge in [-0.2, -0.15) is 0 Å². The largest absolute Gasteiger partial charge is 0.317 e. The van der Waals surface area contributed by atoms with E-state index in [1.807, 2.05) is 0 Å². The summed E-state index contributed by atoms with van der Waals surface area (Å²) >= 11 is 0. The van der Waals surface area contributed by atoms with Crippen LogP contribution in [0.15, 0.2) is 0 Å². The fraction of sp³-hybridized carbons (Fsp3) is 1.00. The first-order valence-corrected chi connectivity index (χ1v) is 9.16. The zero-order valence-corrected chi connectivity index (χ0v) is 15.5. The van der Waals surface area contributed by atoms with E-state index in [2.05, 4.69) is 52.2 Å². The van der Waals surface area contributed by atoms with Gasteiger partial charge in [-0.3, -0.25) is 0 Å². The fourth-order valence-corrected chi connectivity index (χ4v) is 1.71. The van der Waals surface area contributed by atoms with Gasteiger partial charge in [-0.05, 0) is 26.2 Å². The summed E-state index contributed by atoms with van der Waals surface area (Å²) in [4.78, 5) is 0. The predicted molar refractivity (Wildman–Crippen MR) is 96.7 cm³/mol. The summed E-state index contributed by atoms with van der Waals surface area (Å²) in [5.41, 5.74) is 0. The minimum atomic E-state index is 1.09. The summed E-state index contributed by atoms with van der Waals surface area (Å²) in [7, 11) is 0. The second-order valence-electron chi connectivity index (χ2n) is 5.04. The van der Waals surface area contributed by atoms with E-state index < -0.39 is 0 Å². The van der Waals surface area contributed by atoms with E-state index in [9.17, 15) is 0 Å². The summed E-state index contributed by atoms with van der Waals surface area (Å²) in [6.07, 6.45) is 11.5. The molecule has 2 nitrogen and oxygen atoms in total. The Balaban J connectivity index is -0.000000244. The molecule has 0 aromatic carbocycles. The topological polar surface area (TPSA) is 24.1 Å². The summed E-state index contributed by atoms with van der Waals surface area (Å²) in [6.45, 7) is 17.3. The zero-order valence-electron chi connectivity index (χ0n) is 15.5. The van der Waals surface area contributed by atoms with Crippen LogP contribution in [0, 0.1) is 0 Å². The van der Waals surface area contributed by atoms with Crippen molar-refractivity contribution in [3.05, 3.63) is 0 Å². The normalized spacial score (nSPS) is 9.30. The number of hydrogen-bond acceptors (Lipinski definition) is 2. The number of nitrogens with one attached hydrogen (secondary N) is 2. The number of unbranched alkanes of at least 4 members (excludes halogenated alkanes) is 7. The van der Waals surface area contributed by atoms with E-state index in [4.69, 9.17) is 0 Å². The average molecular weight is 289 g/mol. The Hall–Kier alpha value is -0.0800. The molecule has 0 radical (unpaired) electrons. The molecule has 0 bridgehead atoms. The van der Waals surface area contributed by atoms with Gasteiger partial charge < -0.3 is 10.6 Å². The Bertz CT molecular complexity index is 98.0. The van der Waals surface area contributed by atoms with Crippen LogP contribution >= 0.6 is 0 Å². The van der Waals surface area contributed by atoms with Crippen molar-refractivity contribution in [3.8, 4) is 0 Å². The molecule has 0 amide bonds. The van der Waals surface area contributed by atoms with Crippen LogP contribution in [-0.2, 0) is 0 Å². The van der Waals surface area contributed by atoms with Gasteiger partial charge in [-0.25, -0.2) is 0 Å². The Morgan fingerprint density at radius 3 is 0.800 bits per heavy atom. The van der Waals surface area contributed by atoms with Gasteiger partial charge in [0.15, 0.2) is 0 Å². The zero-order chi connectivity index (χ0) is 15.9. The summed E-state index contributed by atoms with van der Waals surface area (Å²) in [5, 5.41) is 6.22. The van der Waals surface area contributed by atoms with Crippen molar-refractivity contribution in [2.45, 2.75) is 92.9 Å². The molecular formula is C18H44N2. The highest BCUT2D eigenvalue weighted by Gasteiger charge is 1.87. The first-order chi connectivity index (χ1) is 9.74. The highest BCUT2D eigenvalue weighted by atomic mass is 14.8. The van der Waals surface area contributed by atoms with E-state index in [0.29, 0.717) is 0 Å². The summed E-state index contributed by atoms with van der Waals surface area (Å²) < 4.78 is 0. The van der Waals surface area contributed by atoms with Gasteiger partial charge in [0.05, 0.1) is 0 Å².